The number of halogens is 1. The van der Waals surface area contributed by atoms with Gasteiger partial charge in [0.05, 0.1) is 6.10 Å². The molecule has 12 heavy (non-hydrogen) atoms. The number of nitrogens with one attached hydrogen (secondary N) is 1. The van der Waals surface area contributed by atoms with E-state index >= 15 is 0 Å². The van der Waals surface area contributed by atoms with E-state index in [4.69, 9.17) is 0 Å². The van der Waals surface area contributed by atoms with Crippen LogP contribution in [0, 0.1) is 0 Å². The summed E-state index contributed by atoms with van der Waals surface area (Å²) in [5, 5.41) is 14.8. The molecule has 2 heterocycles. The van der Waals surface area contributed by atoms with E-state index in [2.05, 4.69) is 21.2 Å². The fraction of sp³-hybridized carbons (Fsp3) is 0.500. The van der Waals surface area contributed by atoms with Crippen molar-refractivity contribution in [2.75, 3.05) is 13.1 Å². The van der Waals surface area contributed by atoms with Gasteiger partial charge in [-0.1, -0.05) is 0 Å². The largest absolute Gasteiger partial charge is 0.391 e. The average molecular weight is 248 g/mol. The summed E-state index contributed by atoms with van der Waals surface area (Å²) < 4.78 is 1.13. The zero-order valence-electron chi connectivity index (χ0n) is 6.46. The van der Waals surface area contributed by atoms with Crippen LogP contribution in [0.3, 0.4) is 0 Å². The van der Waals surface area contributed by atoms with Gasteiger partial charge in [0.25, 0.3) is 0 Å². The minimum Gasteiger partial charge on any atom is -0.391 e. The first kappa shape index (κ1) is 8.69. The van der Waals surface area contributed by atoms with Crippen LogP contribution in [0.4, 0.5) is 0 Å². The first-order valence-electron chi connectivity index (χ1n) is 3.90. The second-order valence-electron chi connectivity index (χ2n) is 2.96. The van der Waals surface area contributed by atoms with Crippen LogP contribution < -0.4 is 5.32 Å². The number of hydrogen-bond acceptors (Lipinski definition) is 3. The van der Waals surface area contributed by atoms with Crippen LogP contribution in [0.15, 0.2) is 15.9 Å². The summed E-state index contributed by atoms with van der Waals surface area (Å²) in [6.07, 6.45) is -0.222. The lowest BCUT2D eigenvalue weighted by molar-refractivity contribution is 0.178. The lowest BCUT2D eigenvalue weighted by Gasteiger charge is -2.11. The van der Waals surface area contributed by atoms with E-state index in [0.717, 1.165) is 17.6 Å². The SMILES string of the molecule is O[C@@H]1CNC[C@H]1c1sccc1Br. The normalized spacial score (nSPS) is 29.5. The van der Waals surface area contributed by atoms with Crippen molar-refractivity contribution >= 4 is 27.3 Å². The van der Waals surface area contributed by atoms with Gasteiger partial charge in [0, 0.05) is 28.4 Å². The molecule has 1 aliphatic heterocycles. The van der Waals surface area contributed by atoms with Crippen molar-refractivity contribution in [2.24, 2.45) is 0 Å². The summed E-state index contributed by atoms with van der Waals surface area (Å²) in [6.45, 7) is 1.61. The van der Waals surface area contributed by atoms with Crippen LogP contribution in [-0.4, -0.2) is 24.3 Å². The summed E-state index contributed by atoms with van der Waals surface area (Å²) >= 11 is 5.18. The molecule has 2 rings (SSSR count). The Morgan fingerprint density at radius 1 is 1.58 bits per heavy atom. The fourth-order valence-electron chi connectivity index (χ4n) is 1.50. The van der Waals surface area contributed by atoms with Crippen LogP contribution in [-0.2, 0) is 0 Å². The molecule has 2 N–H and O–H groups in total. The highest BCUT2D eigenvalue weighted by Gasteiger charge is 2.28. The van der Waals surface area contributed by atoms with Crippen molar-refractivity contribution in [3.05, 3.63) is 20.8 Å². The predicted molar refractivity (Wildman–Crippen MR) is 53.6 cm³/mol. The van der Waals surface area contributed by atoms with E-state index < -0.39 is 0 Å². The molecule has 66 valence electrons. The lowest BCUT2D eigenvalue weighted by atomic mass is 10.1. The maximum Gasteiger partial charge on any atom is 0.0753 e. The smallest absolute Gasteiger partial charge is 0.0753 e. The molecule has 0 bridgehead atoms. The Bertz CT molecular complexity index is 276. The second-order valence-corrected chi connectivity index (χ2v) is 4.77. The summed E-state index contributed by atoms with van der Waals surface area (Å²) in [5.41, 5.74) is 0. The van der Waals surface area contributed by atoms with E-state index in [1.165, 1.54) is 4.88 Å². The average Bonchev–Trinajstić information content (AvgIpc) is 2.59. The van der Waals surface area contributed by atoms with Gasteiger partial charge in [0.15, 0.2) is 0 Å². The Labute approximate surface area is 83.7 Å². The van der Waals surface area contributed by atoms with Crippen molar-refractivity contribution in [3.8, 4) is 0 Å². The number of rotatable bonds is 1. The van der Waals surface area contributed by atoms with Gasteiger partial charge in [-0.05, 0) is 27.4 Å². The minimum absolute atomic E-state index is 0.222. The van der Waals surface area contributed by atoms with Crippen molar-refractivity contribution in [2.45, 2.75) is 12.0 Å². The van der Waals surface area contributed by atoms with Gasteiger partial charge in [-0.3, -0.25) is 0 Å². The number of hydrogen-bond donors (Lipinski definition) is 2. The van der Waals surface area contributed by atoms with Crippen molar-refractivity contribution in [1.29, 1.82) is 0 Å². The molecule has 0 saturated carbocycles. The Hall–Kier alpha value is 0.100. The summed E-state index contributed by atoms with van der Waals surface area (Å²) in [6, 6.07) is 2.03. The molecule has 0 aliphatic carbocycles. The highest BCUT2D eigenvalue weighted by Crippen LogP contribution is 2.33. The molecule has 4 heteroatoms. The maximum atomic E-state index is 9.61. The first-order chi connectivity index (χ1) is 5.79. The van der Waals surface area contributed by atoms with Crippen LogP contribution in [0.2, 0.25) is 0 Å². The molecule has 0 spiro atoms. The van der Waals surface area contributed by atoms with Crippen LogP contribution in [0.5, 0.6) is 0 Å². The van der Waals surface area contributed by atoms with Gasteiger partial charge in [-0.25, -0.2) is 0 Å². The van der Waals surface area contributed by atoms with Crippen molar-refractivity contribution in [3.63, 3.8) is 0 Å². The van der Waals surface area contributed by atoms with Crippen LogP contribution >= 0.6 is 27.3 Å². The van der Waals surface area contributed by atoms with Gasteiger partial charge >= 0.3 is 0 Å². The zero-order valence-corrected chi connectivity index (χ0v) is 8.86. The van der Waals surface area contributed by atoms with Gasteiger partial charge in [-0.15, -0.1) is 11.3 Å². The Morgan fingerprint density at radius 2 is 2.42 bits per heavy atom. The molecule has 1 fully saturated rings. The molecule has 2 nitrogen and oxygen atoms in total. The second kappa shape index (κ2) is 3.46. The summed E-state index contributed by atoms with van der Waals surface area (Å²) in [5.74, 6) is 0.277. The Balaban J connectivity index is 2.24. The third-order valence-corrected chi connectivity index (χ3v) is 4.17. The predicted octanol–water partition coefficient (Wildman–Crippen LogP) is 1.56. The van der Waals surface area contributed by atoms with E-state index in [1.54, 1.807) is 11.3 Å². The monoisotopic (exact) mass is 247 g/mol. The molecule has 1 aromatic rings. The zero-order chi connectivity index (χ0) is 8.55. The van der Waals surface area contributed by atoms with E-state index in [-0.39, 0.29) is 12.0 Å². The molecule has 1 saturated heterocycles. The van der Waals surface area contributed by atoms with Crippen LogP contribution in [0.1, 0.15) is 10.8 Å². The highest BCUT2D eigenvalue weighted by atomic mass is 79.9. The van der Waals surface area contributed by atoms with Gasteiger partial charge < -0.3 is 10.4 Å². The number of β-amino-alcohol motifs (C(OH)–C–C–N with tert-alkyl or cyclic N) is 1. The molecule has 0 unspecified atom stereocenters. The first-order valence-corrected chi connectivity index (χ1v) is 5.58. The summed E-state index contributed by atoms with van der Waals surface area (Å²) in [4.78, 5) is 1.26. The third-order valence-electron chi connectivity index (χ3n) is 2.16. The topological polar surface area (TPSA) is 32.3 Å². The van der Waals surface area contributed by atoms with Gasteiger partial charge in [-0.2, -0.15) is 0 Å². The quantitative estimate of drug-likeness (QED) is 0.790. The molecular weight excluding hydrogens is 238 g/mol. The lowest BCUT2D eigenvalue weighted by Crippen LogP contribution is -2.15. The fourth-order valence-corrected chi connectivity index (χ4v) is 3.33. The molecule has 0 aromatic carbocycles. The van der Waals surface area contributed by atoms with E-state index in [0.29, 0.717) is 0 Å². The number of thiophene rings is 1. The number of aliphatic hydroxyl groups is 1. The Morgan fingerprint density at radius 3 is 2.92 bits per heavy atom. The van der Waals surface area contributed by atoms with E-state index in [1.807, 2.05) is 11.4 Å². The minimum atomic E-state index is -0.222. The molecule has 1 aliphatic rings. The van der Waals surface area contributed by atoms with E-state index in [9.17, 15) is 5.11 Å². The number of aliphatic hydroxyl groups excluding tert-OH is 1. The van der Waals surface area contributed by atoms with Crippen molar-refractivity contribution in [1.82, 2.24) is 5.32 Å². The third kappa shape index (κ3) is 1.44. The van der Waals surface area contributed by atoms with Crippen molar-refractivity contribution < 1.29 is 5.11 Å². The standard InChI is InChI=1S/C8H10BrNOS/c9-6-1-2-12-8(6)5-3-10-4-7(5)11/h1-2,5,7,10-11H,3-4H2/t5-,7-/m1/s1. The Kier molecular flexibility index (Phi) is 2.50. The molecule has 0 radical (unpaired) electrons. The van der Waals surface area contributed by atoms with Crippen LogP contribution in [0.25, 0.3) is 0 Å². The van der Waals surface area contributed by atoms with Gasteiger partial charge in [0.2, 0.25) is 0 Å². The molecule has 0 amide bonds. The van der Waals surface area contributed by atoms with Gasteiger partial charge in [0.1, 0.15) is 0 Å². The molecule has 1 aromatic heterocycles. The summed E-state index contributed by atoms with van der Waals surface area (Å²) in [7, 11) is 0. The maximum absolute atomic E-state index is 9.61. The molecular formula is C8H10BrNOS. The highest BCUT2D eigenvalue weighted by molar-refractivity contribution is 9.10. The molecule has 2 atom stereocenters.